The molecule has 29 heavy (non-hydrogen) atoms. The second kappa shape index (κ2) is 7.97. The number of hydrogen-bond acceptors (Lipinski definition) is 6. The molecule has 0 spiro atoms. The van der Waals surface area contributed by atoms with E-state index in [4.69, 9.17) is 4.52 Å². The number of fused-ring (bicyclic) bond motifs is 1. The van der Waals surface area contributed by atoms with Gasteiger partial charge in [-0.15, -0.1) is 10.2 Å². The number of nitrogens with zero attached hydrogens (tertiary/aromatic N) is 5. The maximum absolute atomic E-state index is 5.79. The number of rotatable bonds is 6. The molecule has 0 aliphatic carbocycles. The molecule has 7 nitrogen and oxygen atoms in total. The summed E-state index contributed by atoms with van der Waals surface area (Å²) in [6, 6.07) is 21.1. The van der Waals surface area contributed by atoms with Gasteiger partial charge in [-0.3, -0.25) is 4.90 Å². The fourth-order valence-corrected chi connectivity index (χ4v) is 4.05. The lowest BCUT2D eigenvalue weighted by Crippen LogP contribution is -2.32. The Labute approximate surface area is 168 Å². The van der Waals surface area contributed by atoms with Crippen LogP contribution in [0.1, 0.15) is 39.9 Å². The Morgan fingerprint density at radius 1 is 1.00 bits per heavy atom. The quantitative estimate of drug-likeness (QED) is 0.548. The van der Waals surface area contributed by atoms with E-state index in [9.17, 15) is 0 Å². The van der Waals surface area contributed by atoms with Crippen LogP contribution in [-0.4, -0.2) is 43.8 Å². The van der Waals surface area contributed by atoms with Crippen molar-refractivity contribution in [2.45, 2.75) is 25.3 Å². The molecule has 1 N–H and O–H groups in total. The molecular weight excluding hydrogens is 364 g/mol. The Morgan fingerprint density at radius 2 is 1.72 bits per heavy atom. The van der Waals surface area contributed by atoms with E-state index in [1.165, 1.54) is 16.7 Å². The highest BCUT2D eigenvalue weighted by atomic mass is 16.5. The molecule has 5 rings (SSSR count). The van der Waals surface area contributed by atoms with Crippen LogP contribution in [0.4, 0.5) is 0 Å². The van der Waals surface area contributed by atoms with Crippen molar-refractivity contribution in [3.63, 3.8) is 0 Å². The van der Waals surface area contributed by atoms with Crippen molar-refractivity contribution in [2.75, 3.05) is 13.1 Å². The van der Waals surface area contributed by atoms with E-state index in [0.29, 0.717) is 0 Å². The van der Waals surface area contributed by atoms with Crippen LogP contribution in [0.3, 0.4) is 0 Å². The molecule has 2 aromatic heterocycles. The lowest BCUT2D eigenvalue weighted by atomic mass is 9.85. The number of tetrazole rings is 1. The first-order valence-corrected chi connectivity index (χ1v) is 9.90. The van der Waals surface area contributed by atoms with Gasteiger partial charge in [-0.1, -0.05) is 71.0 Å². The molecule has 0 fully saturated rings. The van der Waals surface area contributed by atoms with E-state index in [1.54, 1.807) is 0 Å². The first-order chi connectivity index (χ1) is 14.4. The average molecular weight is 386 g/mol. The Bertz CT molecular complexity index is 1010. The van der Waals surface area contributed by atoms with Crippen LogP contribution in [0.25, 0.3) is 0 Å². The number of hydrogen-bond donors (Lipinski definition) is 1. The fourth-order valence-electron chi connectivity index (χ4n) is 4.05. The normalized spacial score (nSPS) is 14.2. The van der Waals surface area contributed by atoms with Crippen LogP contribution >= 0.6 is 0 Å². The van der Waals surface area contributed by atoms with Crippen molar-refractivity contribution in [1.82, 2.24) is 30.7 Å². The molecule has 0 saturated heterocycles. The summed E-state index contributed by atoms with van der Waals surface area (Å²) >= 11 is 0. The van der Waals surface area contributed by atoms with Crippen LogP contribution < -0.4 is 0 Å². The molecule has 146 valence electrons. The van der Waals surface area contributed by atoms with Crippen molar-refractivity contribution in [1.29, 1.82) is 0 Å². The highest BCUT2D eigenvalue weighted by molar-refractivity contribution is 5.44. The summed E-state index contributed by atoms with van der Waals surface area (Å²) < 4.78 is 5.79. The van der Waals surface area contributed by atoms with Crippen molar-refractivity contribution in [2.24, 2.45) is 0 Å². The molecule has 0 atom stereocenters. The van der Waals surface area contributed by atoms with E-state index >= 15 is 0 Å². The first-order valence-electron chi connectivity index (χ1n) is 9.90. The first kappa shape index (κ1) is 17.8. The van der Waals surface area contributed by atoms with Gasteiger partial charge in [0.05, 0.1) is 5.92 Å². The third-order valence-electron chi connectivity index (χ3n) is 5.52. The Morgan fingerprint density at radius 3 is 2.38 bits per heavy atom. The minimum absolute atomic E-state index is 0.0575. The fraction of sp³-hybridized carbons (Fsp3) is 0.273. The van der Waals surface area contributed by atoms with Gasteiger partial charge in [0.25, 0.3) is 0 Å². The van der Waals surface area contributed by atoms with Crippen LogP contribution in [0.2, 0.25) is 0 Å². The predicted molar refractivity (Wildman–Crippen MR) is 107 cm³/mol. The maximum atomic E-state index is 5.79. The molecule has 1 aliphatic rings. The summed E-state index contributed by atoms with van der Waals surface area (Å²) in [5.41, 5.74) is 4.67. The summed E-state index contributed by atoms with van der Waals surface area (Å²) in [5.74, 6) is 1.81. The number of benzene rings is 2. The highest BCUT2D eigenvalue weighted by Gasteiger charge is 2.30. The van der Waals surface area contributed by atoms with Gasteiger partial charge < -0.3 is 4.52 Å². The van der Waals surface area contributed by atoms with Crippen LogP contribution in [0.15, 0.2) is 65.2 Å². The van der Waals surface area contributed by atoms with Crippen LogP contribution in [0, 0.1) is 0 Å². The molecular formula is C22H22N6O. The number of aromatic amines is 1. The van der Waals surface area contributed by atoms with E-state index < -0.39 is 0 Å². The van der Waals surface area contributed by atoms with Gasteiger partial charge in [0.1, 0.15) is 11.5 Å². The molecule has 0 unspecified atom stereocenters. The summed E-state index contributed by atoms with van der Waals surface area (Å²) in [5, 5.41) is 18.8. The molecule has 3 heterocycles. The molecule has 4 aromatic rings. The van der Waals surface area contributed by atoms with Crippen LogP contribution in [-0.2, 0) is 19.4 Å². The molecule has 0 saturated carbocycles. The summed E-state index contributed by atoms with van der Waals surface area (Å²) in [4.78, 5) is 2.41. The van der Waals surface area contributed by atoms with Crippen molar-refractivity contribution in [3.8, 4) is 0 Å². The molecule has 1 aliphatic heterocycles. The van der Waals surface area contributed by atoms with Gasteiger partial charge in [0.15, 0.2) is 5.82 Å². The maximum Gasteiger partial charge on any atom is 0.175 e. The van der Waals surface area contributed by atoms with Crippen molar-refractivity contribution >= 4 is 0 Å². The third kappa shape index (κ3) is 3.69. The molecule has 0 radical (unpaired) electrons. The average Bonchev–Trinajstić information content (AvgIpc) is 3.44. The lowest BCUT2D eigenvalue weighted by molar-refractivity contribution is 0.237. The zero-order valence-electron chi connectivity index (χ0n) is 16.0. The second-order valence-electron chi connectivity index (χ2n) is 7.33. The minimum atomic E-state index is 0.0575. The Hall–Kier alpha value is -3.32. The number of nitrogens with one attached hydrogen (secondary N) is 1. The Kier molecular flexibility index (Phi) is 4.88. The molecule has 0 amide bonds. The van der Waals surface area contributed by atoms with E-state index in [1.807, 2.05) is 12.1 Å². The largest absolute Gasteiger partial charge is 0.361 e. The summed E-state index contributed by atoms with van der Waals surface area (Å²) in [6.07, 6.45) is 1.64. The van der Waals surface area contributed by atoms with Gasteiger partial charge in [0.2, 0.25) is 0 Å². The molecule has 2 aromatic carbocycles. The topological polar surface area (TPSA) is 83.7 Å². The zero-order valence-corrected chi connectivity index (χ0v) is 16.0. The predicted octanol–water partition coefficient (Wildman–Crippen LogP) is 2.97. The van der Waals surface area contributed by atoms with Gasteiger partial charge in [-0.2, -0.15) is 5.21 Å². The standard InChI is InChI=1S/C22H22N6O/c1-3-7-16(8-4-1)21(17-9-5-2-6-10-17)22-18-15-28(13-11-19(18)29-25-22)14-12-20-23-26-27-24-20/h1-10,21H,11-15H2,(H,23,24,26,27). The monoisotopic (exact) mass is 386 g/mol. The SMILES string of the molecule is c1ccc(C(c2ccccc2)c2noc3c2CN(CCc2nn[nH]n2)CC3)cc1. The lowest BCUT2D eigenvalue weighted by Gasteiger charge is -2.26. The van der Waals surface area contributed by atoms with Gasteiger partial charge in [0, 0.05) is 38.0 Å². The number of aromatic nitrogens is 5. The van der Waals surface area contributed by atoms with Crippen molar-refractivity contribution in [3.05, 3.63) is 94.6 Å². The van der Waals surface area contributed by atoms with E-state index in [2.05, 4.69) is 79.2 Å². The zero-order chi connectivity index (χ0) is 19.5. The highest BCUT2D eigenvalue weighted by Crippen LogP contribution is 2.36. The van der Waals surface area contributed by atoms with Crippen molar-refractivity contribution < 1.29 is 4.52 Å². The van der Waals surface area contributed by atoms with E-state index in [0.717, 1.165) is 49.8 Å². The van der Waals surface area contributed by atoms with Gasteiger partial charge >= 0.3 is 0 Å². The minimum Gasteiger partial charge on any atom is -0.361 e. The van der Waals surface area contributed by atoms with Gasteiger partial charge in [-0.05, 0) is 11.1 Å². The second-order valence-corrected chi connectivity index (χ2v) is 7.33. The Balaban J connectivity index is 1.45. The van der Waals surface area contributed by atoms with Crippen LogP contribution in [0.5, 0.6) is 0 Å². The molecule has 0 bridgehead atoms. The molecule has 7 heteroatoms. The van der Waals surface area contributed by atoms with E-state index in [-0.39, 0.29) is 5.92 Å². The third-order valence-corrected chi connectivity index (χ3v) is 5.52. The summed E-state index contributed by atoms with van der Waals surface area (Å²) in [7, 11) is 0. The van der Waals surface area contributed by atoms with Gasteiger partial charge in [-0.25, -0.2) is 0 Å². The smallest absolute Gasteiger partial charge is 0.175 e. The summed E-state index contributed by atoms with van der Waals surface area (Å²) in [6.45, 7) is 2.65. The number of H-pyrrole nitrogens is 1.